The highest BCUT2D eigenvalue weighted by atomic mass is 16.1. The Kier molecular flexibility index (Phi) is 3.06. The fourth-order valence-corrected chi connectivity index (χ4v) is 3.21. The summed E-state index contributed by atoms with van der Waals surface area (Å²) in [6.45, 7) is 1.51. The van der Waals surface area contributed by atoms with Gasteiger partial charge < -0.3 is 5.32 Å². The first-order valence-electron chi connectivity index (χ1n) is 7.84. The van der Waals surface area contributed by atoms with Crippen molar-refractivity contribution < 1.29 is 0 Å². The molecule has 0 spiro atoms. The highest BCUT2D eigenvalue weighted by Crippen LogP contribution is 2.44. The molecule has 0 bridgehead atoms. The number of rotatable bonds is 6. The molecule has 2 aromatic rings. The number of hydrogen-bond donors (Lipinski definition) is 1. The first kappa shape index (κ1) is 13.0. The van der Waals surface area contributed by atoms with Gasteiger partial charge in [-0.1, -0.05) is 0 Å². The van der Waals surface area contributed by atoms with Crippen molar-refractivity contribution in [2.75, 3.05) is 6.54 Å². The van der Waals surface area contributed by atoms with Crippen LogP contribution in [0.3, 0.4) is 0 Å². The van der Waals surface area contributed by atoms with Gasteiger partial charge in [0.25, 0.3) is 5.56 Å². The Bertz CT molecular complexity index is 698. The molecule has 2 aliphatic carbocycles. The van der Waals surface area contributed by atoms with Gasteiger partial charge in [0.15, 0.2) is 5.65 Å². The van der Waals surface area contributed by atoms with Gasteiger partial charge in [0, 0.05) is 26.2 Å². The zero-order valence-electron chi connectivity index (χ0n) is 12.3. The number of hydrogen-bond acceptors (Lipinski definition) is 4. The van der Waals surface area contributed by atoms with Crippen molar-refractivity contribution in [2.24, 2.45) is 18.9 Å². The Morgan fingerprint density at radius 2 is 2.05 bits per heavy atom. The van der Waals surface area contributed by atoms with Crippen LogP contribution in [0.5, 0.6) is 0 Å². The van der Waals surface area contributed by atoms with Gasteiger partial charge in [-0.3, -0.25) is 14.0 Å². The molecule has 4 rings (SSSR count). The summed E-state index contributed by atoms with van der Waals surface area (Å²) in [5.74, 6) is 1.77. The third-order valence-corrected chi connectivity index (χ3v) is 4.71. The summed E-state index contributed by atoms with van der Waals surface area (Å²) in [6.07, 6.45) is 8.73. The molecule has 0 atom stereocenters. The molecule has 0 amide bonds. The van der Waals surface area contributed by atoms with Gasteiger partial charge in [0.2, 0.25) is 0 Å². The van der Waals surface area contributed by atoms with Crippen LogP contribution in [0, 0.1) is 11.8 Å². The molecule has 2 fully saturated rings. The predicted octanol–water partition coefficient (Wildman–Crippen LogP) is 0.908. The normalized spacial score (nSPS) is 18.8. The minimum Gasteiger partial charge on any atom is -0.312 e. The van der Waals surface area contributed by atoms with Gasteiger partial charge in [0.05, 0.1) is 6.20 Å². The molecule has 2 heterocycles. The molecule has 0 aliphatic heterocycles. The van der Waals surface area contributed by atoms with Gasteiger partial charge >= 0.3 is 0 Å². The van der Waals surface area contributed by atoms with Crippen LogP contribution in [0.25, 0.3) is 11.0 Å². The standard InChI is InChI=1S/C15H21N5O/c1-19-14-12(8-18-19)15(21)20(9-17-14)7-6-16-13(10-2-3-10)11-4-5-11/h8-11,13,16H,2-7H2,1H3. The first-order valence-corrected chi connectivity index (χ1v) is 7.84. The van der Waals surface area contributed by atoms with E-state index in [1.54, 1.807) is 28.8 Å². The van der Waals surface area contributed by atoms with Gasteiger partial charge in [-0.05, 0) is 37.5 Å². The van der Waals surface area contributed by atoms with E-state index in [0.29, 0.717) is 23.6 Å². The predicted molar refractivity (Wildman–Crippen MR) is 80.0 cm³/mol. The Morgan fingerprint density at radius 3 is 2.71 bits per heavy atom. The van der Waals surface area contributed by atoms with Gasteiger partial charge in [-0.25, -0.2) is 4.98 Å². The SMILES string of the molecule is Cn1ncc2c(=O)n(CCNC(C3CC3)C3CC3)cnc21. The molecular weight excluding hydrogens is 266 g/mol. The summed E-state index contributed by atoms with van der Waals surface area (Å²) in [5, 5.41) is 8.36. The lowest BCUT2D eigenvalue weighted by atomic mass is 10.1. The second-order valence-electron chi connectivity index (χ2n) is 6.40. The van der Waals surface area contributed by atoms with Crippen LogP contribution in [0.4, 0.5) is 0 Å². The molecule has 0 aromatic carbocycles. The zero-order valence-corrected chi connectivity index (χ0v) is 12.3. The van der Waals surface area contributed by atoms with Crippen molar-refractivity contribution in [1.29, 1.82) is 0 Å². The highest BCUT2D eigenvalue weighted by molar-refractivity contribution is 5.72. The minimum absolute atomic E-state index is 0.00398. The van der Waals surface area contributed by atoms with Crippen molar-refractivity contribution in [1.82, 2.24) is 24.6 Å². The molecule has 6 nitrogen and oxygen atoms in total. The summed E-state index contributed by atoms with van der Waals surface area (Å²) in [5.41, 5.74) is 0.655. The lowest BCUT2D eigenvalue weighted by molar-refractivity contribution is 0.404. The monoisotopic (exact) mass is 287 g/mol. The summed E-state index contributed by atoms with van der Waals surface area (Å²) in [7, 11) is 1.80. The Morgan fingerprint density at radius 1 is 1.33 bits per heavy atom. The molecular formula is C15H21N5O. The highest BCUT2D eigenvalue weighted by Gasteiger charge is 2.40. The number of aryl methyl sites for hydroxylation is 1. The van der Waals surface area contributed by atoms with E-state index in [1.807, 2.05) is 0 Å². The fraction of sp³-hybridized carbons (Fsp3) is 0.667. The van der Waals surface area contributed by atoms with Crippen molar-refractivity contribution in [3.8, 4) is 0 Å². The van der Waals surface area contributed by atoms with Crippen molar-refractivity contribution >= 4 is 11.0 Å². The molecule has 1 N–H and O–H groups in total. The lowest BCUT2D eigenvalue weighted by Gasteiger charge is -2.17. The molecule has 21 heavy (non-hydrogen) atoms. The quantitative estimate of drug-likeness (QED) is 0.857. The Labute approximate surface area is 123 Å². The number of nitrogens with one attached hydrogen (secondary N) is 1. The molecule has 6 heteroatoms. The summed E-state index contributed by atoms with van der Waals surface area (Å²) in [4.78, 5) is 16.7. The Balaban J connectivity index is 1.44. The third-order valence-electron chi connectivity index (χ3n) is 4.71. The van der Waals surface area contributed by atoms with Crippen LogP contribution in [0.2, 0.25) is 0 Å². The summed E-state index contributed by atoms with van der Waals surface area (Å²) < 4.78 is 3.32. The maximum atomic E-state index is 12.4. The van der Waals surface area contributed by atoms with Crippen LogP contribution in [0.15, 0.2) is 17.3 Å². The lowest BCUT2D eigenvalue weighted by Crippen LogP contribution is -2.36. The van der Waals surface area contributed by atoms with Crippen molar-refractivity contribution in [3.63, 3.8) is 0 Å². The second kappa shape index (κ2) is 4.94. The van der Waals surface area contributed by atoms with Crippen LogP contribution < -0.4 is 10.9 Å². The minimum atomic E-state index is 0.00398. The molecule has 0 radical (unpaired) electrons. The van der Waals surface area contributed by atoms with Crippen LogP contribution in [-0.4, -0.2) is 31.9 Å². The molecule has 2 aromatic heterocycles. The first-order chi connectivity index (χ1) is 10.2. The van der Waals surface area contributed by atoms with Gasteiger partial charge in [-0.2, -0.15) is 5.10 Å². The molecule has 0 saturated heterocycles. The molecule has 112 valence electrons. The average Bonchev–Trinajstić information content (AvgIpc) is 3.38. The van der Waals surface area contributed by atoms with Crippen LogP contribution in [0.1, 0.15) is 25.7 Å². The van der Waals surface area contributed by atoms with Gasteiger partial charge in [0.1, 0.15) is 11.7 Å². The molecule has 2 saturated carbocycles. The van der Waals surface area contributed by atoms with E-state index in [0.717, 1.165) is 18.4 Å². The molecule has 0 unspecified atom stereocenters. The van der Waals surface area contributed by atoms with Crippen LogP contribution >= 0.6 is 0 Å². The number of nitrogens with zero attached hydrogens (tertiary/aromatic N) is 4. The van der Waals surface area contributed by atoms with Crippen LogP contribution in [-0.2, 0) is 13.6 Å². The topological polar surface area (TPSA) is 64.7 Å². The summed E-state index contributed by atoms with van der Waals surface area (Å²) >= 11 is 0. The maximum absolute atomic E-state index is 12.4. The van der Waals surface area contributed by atoms with E-state index in [2.05, 4.69) is 15.4 Å². The van der Waals surface area contributed by atoms with E-state index in [1.165, 1.54) is 25.7 Å². The van der Waals surface area contributed by atoms with E-state index < -0.39 is 0 Å². The van der Waals surface area contributed by atoms with Crippen molar-refractivity contribution in [3.05, 3.63) is 22.9 Å². The van der Waals surface area contributed by atoms with E-state index in [-0.39, 0.29) is 5.56 Å². The smallest absolute Gasteiger partial charge is 0.264 e. The number of aromatic nitrogens is 4. The second-order valence-corrected chi connectivity index (χ2v) is 6.40. The third kappa shape index (κ3) is 2.48. The fourth-order valence-electron chi connectivity index (χ4n) is 3.21. The Hall–Kier alpha value is -1.69. The average molecular weight is 287 g/mol. The van der Waals surface area contributed by atoms with Crippen molar-refractivity contribution in [2.45, 2.75) is 38.3 Å². The van der Waals surface area contributed by atoms with E-state index in [4.69, 9.17) is 0 Å². The van der Waals surface area contributed by atoms with E-state index in [9.17, 15) is 4.79 Å². The molecule has 2 aliphatic rings. The van der Waals surface area contributed by atoms with Gasteiger partial charge in [-0.15, -0.1) is 0 Å². The largest absolute Gasteiger partial charge is 0.312 e. The number of fused-ring (bicyclic) bond motifs is 1. The summed E-state index contributed by atoms with van der Waals surface area (Å²) in [6, 6.07) is 0.677. The zero-order chi connectivity index (χ0) is 14.4. The maximum Gasteiger partial charge on any atom is 0.264 e. The van der Waals surface area contributed by atoms with E-state index >= 15 is 0 Å².